The predicted octanol–water partition coefficient (Wildman–Crippen LogP) is 3.12. The lowest BCUT2D eigenvalue weighted by atomic mass is 10.1. The van der Waals surface area contributed by atoms with Crippen molar-refractivity contribution in [2.45, 2.75) is 20.2 Å². The van der Waals surface area contributed by atoms with Gasteiger partial charge in [-0.1, -0.05) is 34.9 Å². The third kappa shape index (κ3) is 6.84. The molecule has 12 heteroatoms. The van der Waals surface area contributed by atoms with Crippen LogP contribution in [0.5, 0.6) is 11.9 Å². The Morgan fingerprint density at radius 1 is 1.09 bits per heavy atom. The molecule has 3 aromatic rings. The van der Waals surface area contributed by atoms with Gasteiger partial charge in [-0.25, -0.2) is 19.9 Å². The van der Waals surface area contributed by atoms with Crippen LogP contribution in [0.4, 0.5) is 5.82 Å². The van der Waals surface area contributed by atoms with Crippen LogP contribution in [0, 0.1) is 6.92 Å². The van der Waals surface area contributed by atoms with Gasteiger partial charge in [-0.15, -0.1) is 0 Å². The fraction of sp³-hybridized carbons (Fsp3) is 0.300. The molecule has 0 spiro atoms. The van der Waals surface area contributed by atoms with Crippen LogP contribution in [0.3, 0.4) is 0 Å². The molecular weight excluding hydrogens is 500 g/mol. The van der Waals surface area contributed by atoms with Gasteiger partial charge < -0.3 is 9.47 Å². The number of rotatable bonds is 11. The van der Waals surface area contributed by atoms with Crippen molar-refractivity contribution < 1.29 is 28.9 Å². The molecule has 32 heavy (non-hydrogen) atoms. The van der Waals surface area contributed by atoms with Gasteiger partial charge in [0, 0.05) is 28.8 Å². The Kier molecular flexibility index (Phi) is 5.26. The molecule has 0 amide bonds. The highest BCUT2D eigenvalue weighted by Gasteiger charge is 2.19. The first-order valence-electron chi connectivity index (χ1n) is 12.9. The van der Waals surface area contributed by atoms with Crippen LogP contribution < -0.4 is 18.9 Å². The van der Waals surface area contributed by atoms with Crippen LogP contribution in [0.1, 0.15) is 29.8 Å². The summed E-state index contributed by atoms with van der Waals surface area (Å²) >= 11 is 3.00. The van der Waals surface area contributed by atoms with Crippen molar-refractivity contribution >= 4 is 32.0 Å². The van der Waals surface area contributed by atoms with E-state index < -0.39 is 58.6 Å². The number of nitrogens with zero attached hydrogens (tertiary/aromatic N) is 4. The van der Waals surface area contributed by atoms with E-state index in [1.165, 1.54) is 0 Å². The predicted molar refractivity (Wildman–Crippen MR) is 124 cm³/mol. The molecule has 0 bridgehead atoms. The van der Waals surface area contributed by atoms with Crippen LogP contribution in [0.2, 0.25) is 0 Å². The lowest BCUT2D eigenvalue weighted by molar-refractivity contribution is 0.202. The van der Waals surface area contributed by atoms with Gasteiger partial charge >= 0.3 is 6.01 Å². The zero-order valence-corrected chi connectivity index (χ0v) is 19.3. The van der Waals surface area contributed by atoms with E-state index in [1.54, 1.807) is 24.0 Å². The Morgan fingerprint density at radius 2 is 1.78 bits per heavy atom. The van der Waals surface area contributed by atoms with Crippen molar-refractivity contribution in [2.75, 3.05) is 24.4 Å². The average molecular weight is 531 g/mol. The smallest absolute Gasteiger partial charge is 0.316 e. The Morgan fingerprint density at radius 3 is 2.47 bits per heavy atom. The molecule has 170 valence electrons. The highest BCUT2D eigenvalue weighted by Crippen LogP contribution is 2.34. The second-order valence-electron chi connectivity index (χ2n) is 5.91. The molecule has 0 aliphatic heterocycles. The van der Waals surface area contributed by atoms with Gasteiger partial charge in [0.15, 0.2) is 5.82 Å². The second-order valence-corrected chi connectivity index (χ2v) is 8.12. The first-order valence-corrected chi connectivity index (χ1v) is 11.2. The van der Waals surface area contributed by atoms with Gasteiger partial charge in [-0.2, -0.15) is 13.1 Å². The maximum Gasteiger partial charge on any atom is 0.316 e. The normalized spacial score (nSPS) is 15.7. The standard InChI is InChI=1S/C20H23BrN6O4S/c1-3-8-26-32(28,29)27-18-17(15-4-6-16(21)7-5-15)19(25-13-24-18)30-9-10-31-20-22-11-14(2)12-23-20/h4-7,11-13,26H,3,8-10H2,1-2H3,(H,24,25,27)/i3D2,4D,5D,6D,7D,8D2. The largest absolute Gasteiger partial charge is 0.473 e. The number of halogens is 1. The minimum absolute atomic E-state index is 0.0641. The molecule has 0 atom stereocenters. The van der Waals surface area contributed by atoms with Crippen molar-refractivity contribution in [1.82, 2.24) is 24.7 Å². The Balaban J connectivity index is 2.05. The van der Waals surface area contributed by atoms with Crippen molar-refractivity contribution in [1.29, 1.82) is 0 Å². The molecule has 0 aliphatic carbocycles. The lowest BCUT2D eigenvalue weighted by Crippen LogP contribution is -2.31. The first-order chi connectivity index (χ1) is 18.4. The summed E-state index contributed by atoms with van der Waals surface area (Å²) in [5.41, 5.74) is 0.0171. The molecule has 0 radical (unpaired) electrons. The quantitative estimate of drug-likeness (QED) is 0.362. The molecule has 0 unspecified atom stereocenters. The summed E-state index contributed by atoms with van der Waals surface area (Å²) in [5.74, 6) is -0.936. The fourth-order valence-corrected chi connectivity index (χ4v) is 3.10. The van der Waals surface area contributed by atoms with Gasteiger partial charge in [-0.05, 0) is 36.5 Å². The molecule has 10 nitrogen and oxygen atoms in total. The van der Waals surface area contributed by atoms with Crippen molar-refractivity contribution in [3.8, 4) is 23.0 Å². The number of nitrogens with one attached hydrogen (secondary N) is 2. The van der Waals surface area contributed by atoms with E-state index in [1.807, 2.05) is 4.72 Å². The van der Waals surface area contributed by atoms with Crippen molar-refractivity contribution in [3.05, 3.63) is 52.9 Å². The summed E-state index contributed by atoms with van der Waals surface area (Å²) < 4.78 is 104. The van der Waals surface area contributed by atoms with E-state index in [9.17, 15) is 8.42 Å². The molecule has 0 fully saturated rings. The van der Waals surface area contributed by atoms with Gasteiger partial charge in [0.25, 0.3) is 10.2 Å². The van der Waals surface area contributed by atoms with E-state index in [-0.39, 0.29) is 35.1 Å². The van der Waals surface area contributed by atoms with Crippen LogP contribution >= 0.6 is 15.9 Å². The van der Waals surface area contributed by atoms with E-state index in [0.29, 0.717) is 0 Å². The van der Waals surface area contributed by atoms with Crippen molar-refractivity contribution in [2.24, 2.45) is 0 Å². The summed E-state index contributed by atoms with van der Waals surface area (Å²) in [5, 5.41) is 0. The third-order valence-electron chi connectivity index (χ3n) is 3.51. The van der Waals surface area contributed by atoms with Crippen LogP contribution in [-0.2, 0) is 10.2 Å². The minimum atomic E-state index is -4.87. The summed E-state index contributed by atoms with van der Waals surface area (Å²) in [6, 6.07) is -2.05. The molecule has 0 aliphatic rings. The van der Waals surface area contributed by atoms with Gasteiger partial charge in [0.05, 0.1) is 11.0 Å². The molecule has 0 saturated carbocycles. The van der Waals surface area contributed by atoms with E-state index in [0.717, 1.165) is 18.8 Å². The maximum absolute atomic E-state index is 12.8. The molecule has 2 N–H and O–H groups in total. The average Bonchev–Trinajstić information content (AvgIpc) is 2.85. The van der Waals surface area contributed by atoms with E-state index in [4.69, 9.17) is 20.4 Å². The van der Waals surface area contributed by atoms with Crippen LogP contribution in [0.25, 0.3) is 11.1 Å². The number of benzene rings is 1. The Hall–Kier alpha value is -2.83. The van der Waals surface area contributed by atoms with Crippen molar-refractivity contribution in [3.63, 3.8) is 0 Å². The van der Waals surface area contributed by atoms with Gasteiger partial charge in [0.1, 0.15) is 19.5 Å². The second kappa shape index (κ2) is 11.2. The topological polar surface area (TPSA) is 128 Å². The first kappa shape index (κ1) is 15.1. The number of hydrogen-bond acceptors (Lipinski definition) is 8. The highest BCUT2D eigenvalue weighted by molar-refractivity contribution is 9.10. The van der Waals surface area contributed by atoms with E-state index >= 15 is 0 Å². The molecule has 3 rings (SSSR count). The number of aryl methyl sites for hydroxylation is 1. The third-order valence-corrected chi connectivity index (χ3v) is 4.74. The number of hydrogen-bond donors (Lipinski definition) is 2. The number of ether oxygens (including phenoxy) is 2. The molecule has 1 aromatic carbocycles. The summed E-state index contributed by atoms with van der Waals surface area (Å²) in [4.78, 5) is 15.8. The Bertz CT molecular complexity index is 1480. The Labute approximate surface area is 206 Å². The number of anilines is 1. The number of aromatic nitrogens is 4. The SMILES string of the molecule is [2H]c1c([2H])c(-c2c(NS(=O)(=O)NC([2H])([2H])C([2H])([2H])C)ncnc2OCCOc2ncc(C)cn2)c([2H])c([2H])c1Br. The minimum Gasteiger partial charge on any atom is -0.473 e. The maximum atomic E-state index is 12.8. The summed E-state index contributed by atoms with van der Waals surface area (Å²) in [7, 11) is -4.87. The zero-order valence-electron chi connectivity index (χ0n) is 24.9. The van der Waals surface area contributed by atoms with Gasteiger partial charge in [0.2, 0.25) is 5.88 Å². The highest BCUT2D eigenvalue weighted by atomic mass is 79.9. The van der Waals surface area contributed by atoms with E-state index in [2.05, 4.69) is 35.9 Å². The molecule has 0 saturated heterocycles. The monoisotopic (exact) mass is 530 g/mol. The van der Waals surface area contributed by atoms with Crippen LogP contribution in [-0.4, -0.2) is 48.1 Å². The molecular formula is C20H23BrN6O4S. The summed E-state index contributed by atoms with van der Waals surface area (Å²) in [6.45, 7) is -0.722. The van der Waals surface area contributed by atoms with Crippen LogP contribution in [0.15, 0.2) is 47.4 Å². The fourth-order valence-electron chi connectivity index (χ4n) is 2.20. The zero-order chi connectivity index (χ0) is 30.0. The lowest BCUT2D eigenvalue weighted by Gasteiger charge is -2.15. The van der Waals surface area contributed by atoms with Gasteiger partial charge in [-0.3, -0.25) is 4.72 Å². The molecule has 2 heterocycles. The summed E-state index contributed by atoms with van der Waals surface area (Å²) in [6.07, 6.45) is 1.35. The molecule has 2 aromatic heterocycles.